The molecule has 166 valence electrons. The van der Waals surface area contributed by atoms with Crippen LogP contribution in [0, 0.1) is 27.7 Å². The lowest BCUT2D eigenvalue weighted by Crippen LogP contribution is -2.37. The molecule has 33 heavy (non-hydrogen) atoms. The van der Waals surface area contributed by atoms with Crippen molar-refractivity contribution in [2.24, 2.45) is 0 Å². The monoisotopic (exact) mass is 436 g/mol. The fraction of sp³-hybridized carbons (Fsp3) is 0.241. The predicted molar refractivity (Wildman–Crippen MR) is 132 cm³/mol. The number of carbonyl (C=O) groups is 2. The molecule has 0 fully saturated rings. The van der Waals surface area contributed by atoms with Crippen LogP contribution in [0.3, 0.4) is 0 Å². The molecule has 3 aromatic carbocycles. The van der Waals surface area contributed by atoms with E-state index in [9.17, 15) is 9.59 Å². The summed E-state index contributed by atoms with van der Waals surface area (Å²) in [6.07, 6.45) is 0.852. The smallest absolute Gasteiger partial charge is 0.282 e. The Morgan fingerprint density at radius 3 is 2.09 bits per heavy atom. The minimum Gasteiger partial charge on any atom is -0.362 e. The number of hydrogen-bond donors (Lipinski definition) is 0. The zero-order valence-electron chi connectivity index (χ0n) is 19.6. The maximum absolute atomic E-state index is 13.9. The van der Waals surface area contributed by atoms with Crippen molar-refractivity contribution < 1.29 is 9.59 Å². The lowest BCUT2D eigenvalue weighted by molar-refractivity contribution is -0.120. The Balaban J connectivity index is 1.66. The number of amides is 2. The van der Waals surface area contributed by atoms with Gasteiger partial charge in [-0.2, -0.15) is 0 Å². The van der Waals surface area contributed by atoms with E-state index < -0.39 is 0 Å². The summed E-state index contributed by atoms with van der Waals surface area (Å²) in [6, 6.07) is 20.3. The Bertz CT molecular complexity index is 1340. The van der Waals surface area contributed by atoms with E-state index >= 15 is 0 Å². The minimum atomic E-state index is -0.243. The van der Waals surface area contributed by atoms with Crippen LogP contribution < -0.4 is 4.90 Å². The second kappa shape index (κ2) is 8.04. The number of imide groups is 1. The van der Waals surface area contributed by atoms with Gasteiger partial charge in [0.15, 0.2) is 0 Å². The van der Waals surface area contributed by atoms with Crippen LogP contribution in [0.25, 0.3) is 5.57 Å². The Hall–Kier alpha value is -3.66. The van der Waals surface area contributed by atoms with Crippen molar-refractivity contribution in [3.63, 3.8) is 0 Å². The summed E-state index contributed by atoms with van der Waals surface area (Å²) in [4.78, 5) is 31.3. The third-order valence-electron chi connectivity index (χ3n) is 6.75. The van der Waals surface area contributed by atoms with Gasteiger partial charge in [-0.1, -0.05) is 65.7 Å². The van der Waals surface area contributed by atoms with Gasteiger partial charge in [-0.15, -0.1) is 0 Å². The highest BCUT2D eigenvalue weighted by Crippen LogP contribution is 2.39. The maximum Gasteiger partial charge on any atom is 0.282 e. The highest BCUT2D eigenvalue weighted by Gasteiger charge is 2.43. The molecule has 2 aliphatic heterocycles. The standard InChI is InChI=1S/C29H28N2O2/c1-18-9-11-24(20(3)15-18)26-27(30-14-13-22-7-5-6-8-23(22)17-30)29(33)31(28(26)32)25-12-10-19(2)16-21(25)4/h5-12,15-16H,13-14,17H2,1-4H3. The zero-order valence-corrected chi connectivity index (χ0v) is 19.6. The molecule has 0 unspecified atom stereocenters. The molecule has 2 aliphatic rings. The van der Waals surface area contributed by atoms with Crippen LogP contribution in [-0.4, -0.2) is 23.3 Å². The van der Waals surface area contributed by atoms with E-state index in [1.54, 1.807) is 0 Å². The summed E-state index contributed by atoms with van der Waals surface area (Å²) >= 11 is 0. The van der Waals surface area contributed by atoms with Crippen molar-refractivity contribution in [3.8, 4) is 0 Å². The number of carbonyl (C=O) groups excluding carboxylic acids is 2. The highest BCUT2D eigenvalue weighted by atomic mass is 16.2. The Kier molecular flexibility index (Phi) is 5.16. The molecule has 4 nitrogen and oxygen atoms in total. The maximum atomic E-state index is 13.9. The number of rotatable bonds is 3. The van der Waals surface area contributed by atoms with Gasteiger partial charge in [0.05, 0.1) is 11.3 Å². The predicted octanol–water partition coefficient (Wildman–Crippen LogP) is 5.26. The Labute approximate surface area is 195 Å². The summed E-state index contributed by atoms with van der Waals surface area (Å²) in [5, 5.41) is 0. The third-order valence-corrected chi connectivity index (χ3v) is 6.75. The molecule has 0 saturated carbocycles. The van der Waals surface area contributed by atoms with E-state index in [-0.39, 0.29) is 11.8 Å². The molecule has 0 spiro atoms. The molecule has 0 N–H and O–H groups in total. The van der Waals surface area contributed by atoms with Gasteiger partial charge in [-0.05, 0) is 68.0 Å². The topological polar surface area (TPSA) is 40.6 Å². The lowest BCUT2D eigenvalue weighted by atomic mass is 9.95. The molecule has 0 bridgehead atoms. The number of benzene rings is 3. The molecular formula is C29H28N2O2. The van der Waals surface area contributed by atoms with E-state index in [1.807, 2.05) is 64.1 Å². The van der Waals surface area contributed by atoms with Crippen LogP contribution in [-0.2, 0) is 22.6 Å². The highest BCUT2D eigenvalue weighted by molar-refractivity contribution is 6.45. The first-order valence-electron chi connectivity index (χ1n) is 11.4. The fourth-order valence-corrected chi connectivity index (χ4v) is 5.11. The van der Waals surface area contributed by atoms with Gasteiger partial charge in [0, 0.05) is 13.1 Å². The van der Waals surface area contributed by atoms with Gasteiger partial charge in [-0.3, -0.25) is 9.59 Å². The van der Waals surface area contributed by atoms with Crippen molar-refractivity contribution in [1.29, 1.82) is 0 Å². The van der Waals surface area contributed by atoms with Gasteiger partial charge in [0.2, 0.25) is 0 Å². The van der Waals surface area contributed by atoms with Crippen LogP contribution in [0.5, 0.6) is 0 Å². The molecule has 0 atom stereocenters. The van der Waals surface area contributed by atoms with Crippen LogP contribution in [0.1, 0.15) is 38.9 Å². The first-order chi connectivity index (χ1) is 15.8. The molecule has 0 aromatic heterocycles. The summed E-state index contributed by atoms with van der Waals surface area (Å²) < 4.78 is 0. The van der Waals surface area contributed by atoms with Crippen molar-refractivity contribution in [3.05, 3.63) is 105 Å². The van der Waals surface area contributed by atoms with Crippen molar-refractivity contribution in [2.75, 3.05) is 11.4 Å². The molecule has 0 radical (unpaired) electrons. The van der Waals surface area contributed by atoms with E-state index in [2.05, 4.69) is 29.2 Å². The Morgan fingerprint density at radius 2 is 1.39 bits per heavy atom. The van der Waals surface area contributed by atoms with Crippen molar-refractivity contribution in [2.45, 2.75) is 40.7 Å². The molecule has 2 heterocycles. The van der Waals surface area contributed by atoms with Gasteiger partial charge >= 0.3 is 0 Å². The Morgan fingerprint density at radius 1 is 0.727 bits per heavy atom. The van der Waals surface area contributed by atoms with Gasteiger partial charge in [0.1, 0.15) is 5.70 Å². The molecule has 2 amide bonds. The summed E-state index contributed by atoms with van der Waals surface area (Å²) in [5.74, 6) is -0.478. The quantitative estimate of drug-likeness (QED) is 0.526. The average molecular weight is 437 g/mol. The first kappa shape index (κ1) is 21.2. The van der Waals surface area contributed by atoms with E-state index in [0.717, 1.165) is 34.2 Å². The number of anilines is 1. The second-order valence-electron chi connectivity index (χ2n) is 9.22. The summed E-state index contributed by atoms with van der Waals surface area (Å²) in [5.41, 5.74) is 9.19. The molecule has 3 aromatic rings. The molecule has 0 saturated heterocycles. The van der Waals surface area contributed by atoms with Crippen molar-refractivity contribution in [1.82, 2.24) is 4.90 Å². The number of fused-ring (bicyclic) bond motifs is 1. The lowest BCUT2D eigenvalue weighted by Gasteiger charge is -2.31. The minimum absolute atomic E-state index is 0.235. The van der Waals surface area contributed by atoms with Crippen LogP contribution in [0.15, 0.2) is 66.4 Å². The van der Waals surface area contributed by atoms with E-state index in [1.165, 1.54) is 16.0 Å². The fourth-order valence-electron chi connectivity index (χ4n) is 5.11. The number of hydrogen-bond acceptors (Lipinski definition) is 3. The number of nitrogens with zero attached hydrogens (tertiary/aromatic N) is 2. The summed E-state index contributed by atoms with van der Waals surface area (Å²) in [7, 11) is 0. The van der Waals surface area contributed by atoms with Crippen molar-refractivity contribution >= 4 is 23.1 Å². The van der Waals surface area contributed by atoms with Gasteiger partial charge in [-0.25, -0.2) is 4.90 Å². The molecular weight excluding hydrogens is 408 g/mol. The van der Waals surface area contributed by atoms with Gasteiger partial charge < -0.3 is 4.90 Å². The van der Waals surface area contributed by atoms with E-state index in [4.69, 9.17) is 0 Å². The SMILES string of the molecule is Cc1ccc(C2=C(N3CCc4ccccc4C3)C(=O)N(c3ccc(C)cc3C)C2=O)c(C)c1. The second-order valence-corrected chi connectivity index (χ2v) is 9.22. The van der Waals surface area contributed by atoms with Crippen LogP contribution in [0.4, 0.5) is 5.69 Å². The van der Waals surface area contributed by atoms with E-state index in [0.29, 0.717) is 30.0 Å². The number of aryl methyl sites for hydroxylation is 4. The largest absolute Gasteiger partial charge is 0.362 e. The molecule has 0 aliphatic carbocycles. The first-order valence-corrected chi connectivity index (χ1v) is 11.4. The summed E-state index contributed by atoms with van der Waals surface area (Å²) in [6.45, 7) is 9.35. The normalized spacial score (nSPS) is 16.0. The molecule has 4 heteroatoms. The average Bonchev–Trinajstić information content (AvgIpc) is 3.04. The van der Waals surface area contributed by atoms with Gasteiger partial charge in [0.25, 0.3) is 11.8 Å². The third kappa shape index (κ3) is 3.56. The van der Waals surface area contributed by atoms with Crippen LogP contribution in [0.2, 0.25) is 0 Å². The zero-order chi connectivity index (χ0) is 23.3. The van der Waals surface area contributed by atoms with Crippen LogP contribution >= 0.6 is 0 Å². The molecule has 5 rings (SSSR count).